The molecule has 0 aromatic heterocycles. The molecule has 0 aromatic carbocycles. The zero-order valence-electron chi connectivity index (χ0n) is 8.28. The first-order valence-electron chi connectivity index (χ1n) is 4.76. The summed E-state index contributed by atoms with van der Waals surface area (Å²) in [5, 5.41) is 40.2. The van der Waals surface area contributed by atoms with Gasteiger partial charge in [-0.25, -0.2) is 0 Å². The molecule has 5 atom stereocenters. The third-order valence-corrected chi connectivity index (χ3v) is 2.40. The van der Waals surface area contributed by atoms with E-state index in [-0.39, 0.29) is 0 Å². The largest absolute Gasteiger partial charge is 0.394 e. The summed E-state index contributed by atoms with van der Waals surface area (Å²) in [4.78, 5) is 0. The fraction of sp³-hybridized carbons (Fsp3) is 0.778. The van der Waals surface area contributed by atoms with Crippen LogP contribution in [0.3, 0.4) is 0 Å². The number of aliphatic hydroxyl groups excluding tert-OH is 4. The molecular weight excluding hydrogens is 202 g/mol. The van der Waals surface area contributed by atoms with E-state index in [4.69, 9.17) is 9.84 Å². The standard InChI is InChI=1S/C9H17NO5/c1-2-3-10-6-8(13)7(12)5(4-11)15-9(6)14/h2,5-14H,1,3-4H2/t5-,6-,7-,8-,9?/m1/s1. The summed E-state index contributed by atoms with van der Waals surface area (Å²) in [6.45, 7) is 3.39. The van der Waals surface area contributed by atoms with Gasteiger partial charge in [-0.3, -0.25) is 0 Å². The Bertz CT molecular complexity index is 213. The smallest absolute Gasteiger partial charge is 0.173 e. The maximum Gasteiger partial charge on any atom is 0.173 e. The van der Waals surface area contributed by atoms with Crippen molar-refractivity contribution in [3.63, 3.8) is 0 Å². The number of hydrogen-bond donors (Lipinski definition) is 5. The summed E-state index contributed by atoms with van der Waals surface area (Å²) >= 11 is 0. The van der Waals surface area contributed by atoms with Crippen LogP contribution in [-0.2, 0) is 4.74 Å². The first-order valence-corrected chi connectivity index (χ1v) is 4.76. The Labute approximate surface area is 87.8 Å². The Balaban J connectivity index is 2.61. The van der Waals surface area contributed by atoms with Crippen LogP contribution in [0, 0.1) is 0 Å². The number of aliphatic hydroxyl groups is 4. The molecule has 1 aliphatic rings. The lowest BCUT2D eigenvalue weighted by atomic mass is 9.97. The molecule has 1 heterocycles. The predicted molar refractivity (Wildman–Crippen MR) is 52.0 cm³/mol. The van der Waals surface area contributed by atoms with E-state index in [1.165, 1.54) is 0 Å². The molecule has 0 aromatic rings. The highest BCUT2D eigenvalue weighted by atomic mass is 16.6. The van der Waals surface area contributed by atoms with Gasteiger partial charge in [0.15, 0.2) is 6.29 Å². The van der Waals surface area contributed by atoms with Gasteiger partial charge in [-0.2, -0.15) is 0 Å². The van der Waals surface area contributed by atoms with Crippen LogP contribution in [0.15, 0.2) is 12.7 Å². The Morgan fingerprint density at radius 3 is 2.47 bits per heavy atom. The molecule has 1 rings (SSSR count). The van der Waals surface area contributed by atoms with Gasteiger partial charge >= 0.3 is 0 Å². The zero-order chi connectivity index (χ0) is 11.4. The molecule has 0 amide bonds. The Kier molecular flexibility index (Phi) is 4.65. The second-order valence-electron chi connectivity index (χ2n) is 3.45. The molecule has 1 fully saturated rings. The topological polar surface area (TPSA) is 102 Å². The number of hydrogen-bond acceptors (Lipinski definition) is 6. The van der Waals surface area contributed by atoms with Crippen LogP contribution in [0.2, 0.25) is 0 Å². The van der Waals surface area contributed by atoms with E-state index in [9.17, 15) is 15.3 Å². The summed E-state index contributed by atoms with van der Waals surface area (Å²) in [6.07, 6.45) is -3.08. The lowest BCUT2D eigenvalue weighted by Crippen LogP contribution is -2.63. The number of nitrogens with one attached hydrogen (secondary N) is 1. The number of rotatable bonds is 4. The highest BCUT2D eigenvalue weighted by Crippen LogP contribution is 2.19. The Morgan fingerprint density at radius 1 is 1.27 bits per heavy atom. The quantitative estimate of drug-likeness (QED) is 0.337. The van der Waals surface area contributed by atoms with Crippen molar-refractivity contribution >= 4 is 0 Å². The van der Waals surface area contributed by atoms with Crippen LogP contribution < -0.4 is 5.32 Å². The van der Waals surface area contributed by atoms with E-state index < -0.39 is 37.3 Å². The zero-order valence-corrected chi connectivity index (χ0v) is 8.28. The molecule has 0 radical (unpaired) electrons. The van der Waals surface area contributed by atoms with Crippen LogP contribution in [0.5, 0.6) is 0 Å². The van der Waals surface area contributed by atoms with E-state index in [1.54, 1.807) is 6.08 Å². The van der Waals surface area contributed by atoms with E-state index in [1.807, 2.05) is 0 Å². The van der Waals surface area contributed by atoms with Gasteiger partial charge in [-0.05, 0) is 0 Å². The summed E-state index contributed by atoms with van der Waals surface area (Å²) in [5.41, 5.74) is 0. The third kappa shape index (κ3) is 2.75. The molecule has 6 nitrogen and oxygen atoms in total. The second-order valence-corrected chi connectivity index (χ2v) is 3.45. The summed E-state index contributed by atoms with van der Waals surface area (Å²) < 4.78 is 4.93. The molecule has 88 valence electrons. The van der Waals surface area contributed by atoms with Crippen LogP contribution in [0.1, 0.15) is 0 Å². The highest BCUT2D eigenvalue weighted by molar-refractivity contribution is 4.93. The van der Waals surface area contributed by atoms with E-state index in [0.29, 0.717) is 6.54 Å². The van der Waals surface area contributed by atoms with Crippen molar-refractivity contribution in [1.29, 1.82) is 0 Å². The summed E-state index contributed by atoms with van der Waals surface area (Å²) in [7, 11) is 0. The van der Waals surface area contributed by atoms with Crippen molar-refractivity contribution in [2.24, 2.45) is 0 Å². The molecule has 0 bridgehead atoms. The van der Waals surface area contributed by atoms with Crippen LogP contribution >= 0.6 is 0 Å². The second kappa shape index (κ2) is 5.55. The van der Waals surface area contributed by atoms with Gasteiger partial charge in [0.25, 0.3) is 0 Å². The van der Waals surface area contributed by atoms with Gasteiger partial charge in [-0.1, -0.05) is 6.08 Å². The fourth-order valence-electron chi connectivity index (χ4n) is 1.54. The van der Waals surface area contributed by atoms with Crippen molar-refractivity contribution < 1.29 is 25.2 Å². The van der Waals surface area contributed by atoms with Crippen molar-refractivity contribution in [2.75, 3.05) is 13.2 Å². The van der Waals surface area contributed by atoms with Crippen LogP contribution in [0.4, 0.5) is 0 Å². The van der Waals surface area contributed by atoms with Gasteiger partial charge in [0.2, 0.25) is 0 Å². The van der Waals surface area contributed by atoms with Crippen molar-refractivity contribution in [1.82, 2.24) is 5.32 Å². The first kappa shape index (κ1) is 12.6. The molecule has 15 heavy (non-hydrogen) atoms. The average molecular weight is 219 g/mol. The van der Waals surface area contributed by atoms with Crippen molar-refractivity contribution in [3.05, 3.63) is 12.7 Å². The van der Waals surface area contributed by atoms with Crippen molar-refractivity contribution in [3.8, 4) is 0 Å². The lowest BCUT2D eigenvalue weighted by molar-refractivity contribution is -0.254. The normalized spacial score (nSPS) is 41.5. The van der Waals surface area contributed by atoms with E-state index in [2.05, 4.69) is 11.9 Å². The van der Waals surface area contributed by atoms with Gasteiger partial charge < -0.3 is 30.5 Å². The predicted octanol–water partition coefficient (Wildman–Crippen LogP) is -2.44. The van der Waals surface area contributed by atoms with Crippen molar-refractivity contribution in [2.45, 2.75) is 30.6 Å². The average Bonchev–Trinajstić information content (AvgIpc) is 2.23. The third-order valence-electron chi connectivity index (χ3n) is 2.40. The molecular formula is C9H17NO5. The molecule has 0 spiro atoms. The maximum atomic E-state index is 9.64. The molecule has 6 heteroatoms. The molecule has 5 N–H and O–H groups in total. The Morgan fingerprint density at radius 2 is 1.93 bits per heavy atom. The minimum atomic E-state index is -1.26. The van der Waals surface area contributed by atoms with Crippen LogP contribution in [0.25, 0.3) is 0 Å². The summed E-state index contributed by atoms with van der Waals surface area (Å²) in [5.74, 6) is 0. The van der Waals surface area contributed by atoms with Gasteiger partial charge in [0.05, 0.1) is 12.6 Å². The highest BCUT2D eigenvalue weighted by Gasteiger charge is 2.43. The van der Waals surface area contributed by atoms with Gasteiger partial charge in [0, 0.05) is 6.54 Å². The molecule has 1 saturated heterocycles. The minimum absolute atomic E-state index is 0.374. The monoisotopic (exact) mass is 219 g/mol. The Hall–Kier alpha value is -0.500. The molecule has 0 aliphatic carbocycles. The SMILES string of the molecule is C=CCN[C@H]1C(O)O[C@H](CO)[C@@H](O)[C@@H]1O. The van der Waals surface area contributed by atoms with Crippen LogP contribution in [-0.4, -0.2) is 64.2 Å². The lowest BCUT2D eigenvalue weighted by Gasteiger charge is -2.40. The first-order chi connectivity index (χ1) is 7.11. The number of ether oxygens (including phenoxy) is 1. The maximum absolute atomic E-state index is 9.64. The molecule has 0 saturated carbocycles. The minimum Gasteiger partial charge on any atom is -0.394 e. The van der Waals surface area contributed by atoms with Gasteiger partial charge in [0.1, 0.15) is 18.3 Å². The fourth-order valence-corrected chi connectivity index (χ4v) is 1.54. The van der Waals surface area contributed by atoms with E-state index in [0.717, 1.165) is 0 Å². The van der Waals surface area contributed by atoms with E-state index >= 15 is 0 Å². The summed E-state index contributed by atoms with van der Waals surface area (Å²) in [6, 6.07) is -0.791. The van der Waals surface area contributed by atoms with Gasteiger partial charge in [-0.15, -0.1) is 6.58 Å². The molecule has 1 aliphatic heterocycles. The molecule has 1 unspecified atom stereocenters.